The third kappa shape index (κ3) is 7.04. The molecule has 0 saturated carbocycles. The van der Waals surface area contributed by atoms with E-state index in [2.05, 4.69) is 15.3 Å². The number of nitrogens with one attached hydrogen (secondary N) is 1. The minimum Gasteiger partial charge on any atom is -0.444 e. The Kier molecular flexibility index (Phi) is 7.26. The fourth-order valence-electron chi connectivity index (χ4n) is 2.71. The fraction of sp³-hybridized carbons (Fsp3) is 0.381. The smallest absolute Gasteiger partial charge is 0.408 e. The number of carbonyl (C=O) groups excluding carboxylic acids is 1. The lowest BCUT2D eigenvalue weighted by atomic mass is 9.97. The zero-order valence-electron chi connectivity index (χ0n) is 16.1. The van der Waals surface area contributed by atoms with Gasteiger partial charge in [-0.1, -0.05) is 59.7 Å². The molecule has 0 aliphatic carbocycles. The molecule has 1 atom stereocenters. The third-order valence-electron chi connectivity index (χ3n) is 3.89. The van der Waals surface area contributed by atoms with Crippen LogP contribution in [-0.4, -0.2) is 18.2 Å². The Morgan fingerprint density at radius 1 is 1.11 bits per heavy atom. The van der Waals surface area contributed by atoms with Crippen LogP contribution < -0.4 is 5.32 Å². The maximum Gasteiger partial charge on any atom is 0.408 e. The van der Waals surface area contributed by atoms with Gasteiger partial charge in [-0.15, -0.1) is 0 Å². The van der Waals surface area contributed by atoms with Crippen molar-refractivity contribution < 1.29 is 9.53 Å². The van der Waals surface area contributed by atoms with E-state index < -0.39 is 11.7 Å². The Labute approximate surface area is 160 Å². The topological polar surface area (TPSA) is 87.1 Å². The molecule has 0 aliphatic heterocycles. The van der Waals surface area contributed by atoms with E-state index >= 15 is 0 Å². The molecule has 0 bridgehead atoms. The van der Waals surface area contributed by atoms with Crippen LogP contribution in [0, 0.1) is 0 Å². The SMILES string of the molecule is CC(C)(C)OC(=O)N[C@@H](c1ccccc1)c1ccc(CCCN=[N+]=[N-])cc1. The summed E-state index contributed by atoms with van der Waals surface area (Å²) in [6, 6.07) is 17.6. The van der Waals surface area contributed by atoms with Gasteiger partial charge in [0.05, 0.1) is 6.04 Å². The monoisotopic (exact) mass is 366 g/mol. The van der Waals surface area contributed by atoms with Crippen LogP contribution in [0.3, 0.4) is 0 Å². The zero-order chi connectivity index (χ0) is 19.7. The third-order valence-corrected chi connectivity index (χ3v) is 3.89. The Hall–Kier alpha value is -2.98. The molecule has 0 heterocycles. The van der Waals surface area contributed by atoms with Crippen molar-refractivity contribution in [1.29, 1.82) is 0 Å². The Balaban J connectivity index is 2.15. The highest BCUT2D eigenvalue weighted by molar-refractivity contribution is 5.69. The summed E-state index contributed by atoms with van der Waals surface area (Å²) in [6.07, 6.45) is 1.20. The zero-order valence-corrected chi connectivity index (χ0v) is 16.1. The second-order valence-corrected chi connectivity index (χ2v) is 7.29. The lowest BCUT2D eigenvalue weighted by molar-refractivity contribution is 0.0512. The van der Waals surface area contributed by atoms with Crippen LogP contribution in [0.1, 0.15) is 49.9 Å². The first-order valence-electron chi connectivity index (χ1n) is 9.03. The number of alkyl carbamates (subject to hydrolysis) is 1. The van der Waals surface area contributed by atoms with Crippen LogP contribution >= 0.6 is 0 Å². The van der Waals surface area contributed by atoms with Crippen LogP contribution in [0.5, 0.6) is 0 Å². The number of ether oxygens (including phenoxy) is 1. The van der Waals surface area contributed by atoms with Crippen molar-refractivity contribution in [3.05, 3.63) is 81.7 Å². The summed E-state index contributed by atoms with van der Waals surface area (Å²) in [7, 11) is 0. The van der Waals surface area contributed by atoms with E-state index in [1.165, 1.54) is 0 Å². The second-order valence-electron chi connectivity index (χ2n) is 7.29. The molecule has 0 aliphatic rings. The summed E-state index contributed by atoms with van der Waals surface area (Å²) in [6.45, 7) is 6.02. The summed E-state index contributed by atoms with van der Waals surface area (Å²) >= 11 is 0. The number of nitrogens with zero attached hydrogens (tertiary/aromatic N) is 3. The Morgan fingerprint density at radius 2 is 1.74 bits per heavy atom. The predicted molar refractivity (Wildman–Crippen MR) is 106 cm³/mol. The largest absolute Gasteiger partial charge is 0.444 e. The average Bonchev–Trinajstić information content (AvgIpc) is 2.63. The first-order valence-corrected chi connectivity index (χ1v) is 9.03. The van der Waals surface area contributed by atoms with Crippen LogP contribution in [0.2, 0.25) is 0 Å². The number of azide groups is 1. The molecule has 27 heavy (non-hydrogen) atoms. The minimum atomic E-state index is -0.554. The molecule has 0 unspecified atom stereocenters. The van der Waals surface area contributed by atoms with Gasteiger partial charge in [0.2, 0.25) is 0 Å². The maximum atomic E-state index is 12.3. The van der Waals surface area contributed by atoms with Crippen molar-refractivity contribution in [2.24, 2.45) is 5.11 Å². The van der Waals surface area contributed by atoms with Gasteiger partial charge in [0.1, 0.15) is 5.60 Å². The molecule has 0 spiro atoms. The number of hydrogen-bond donors (Lipinski definition) is 1. The molecule has 1 amide bonds. The molecule has 2 rings (SSSR count). The molecule has 142 valence electrons. The van der Waals surface area contributed by atoms with E-state index in [1.807, 2.05) is 75.4 Å². The molecule has 2 aromatic carbocycles. The highest BCUT2D eigenvalue weighted by atomic mass is 16.6. The molecule has 6 nitrogen and oxygen atoms in total. The molecule has 2 aromatic rings. The van der Waals surface area contributed by atoms with E-state index in [0.29, 0.717) is 6.54 Å². The number of amides is 1. The minimum absolute atomic E-state index is 0.293. The van der Waals surface area contributed by atoms with Gasteiger partial charge >= 0.3 is 6.09 Å². The number of benzene rings is 2. The quantitative estimate of drug-likeness (QED) is 0.302. The first kappa shape index (κ1) is 20.3. The van der Waals surface area contributed by atoms with Crippen molar-refractivity contribution in [3.8, 4) is 0 Å². The van der Waals surface area contributed by atoms with Gasteiger partial charge in [0.15, 0.2) is 0 Å². The van der Waals surface area contributed by atoms with Gasteiger partial charge in [-0.3, -0.25) is 0 Å². The first-order chi connectivity index (χ1) is 12.9. The van der Waals surface area contributed by atoms with Crippen molar-refractivity contribution in [2.45, 2.75) is 45.3 Å². The van der Waals surface area contributed by atoms with Gasteiger partial charge in [0, 0.05) is 11.5 Å². The Morgan fingerprint density at radius 3 is 2.33 bits per heavy atom. The van der Waals surface area contributed by atoms with Gasteiger partial charge in [-0.05, 0) is 55.8 Å². The van der Waals surface area contributed by atoms with Crippen LogP contribution in [0.4, 0.5) is 4.79 Å². The van der Waals surface area contributed by atoms with Crippen molar-refractivity contribution >= 4 is 6.09 Å². The summed E-state index contributed by atoms with van der Waals surface area (Å²) in [5.41, 5.74) is 10.9. The normalized spacial score (nSPS) is 12.0. The second kappa shape index (κ2) is 9.64. The predicted octanol–water partition coefficient (Wildman–Crippen LogP) is 5.54. The van der Waals surface area contributed by atoms with Crippen LogP contribution in [0.25, 0.3) is 10.4 Å². The summed E-state index contributed by atoms with van der Waals surface area (Å²) in [4.78, 5) is 15.1. The lowest BCUT2D eigenvalue weighted by Gasteiger charge is -2.24. The molecule has 6 heteroatoms. The Bertz CT molecular complexity index is 776. The standard InChI is InChI=1S/C21H26N4O2/c1-21(2,3)27-20(26)24-19(17-9-5-4-6-10-17)18-13-11-16(12-14-18)8-7-15-23-25-22/h4-6,9-14,19H,7-8,15H2,1-3H3,(H,24,26)/t19-/m0/s1. The van der Waals surface area contributed by atoms with Gasteiger partial charge in [-0.25, -0.2) is 4.79 Å². The highest BCUT2D eigenvalue weighted by Gasteiger charge is 2.21. The molecule has 0 aromatic heterocycles. The average molecular weight is 366 g/mol. The molecule has 0 saturated heterocycles. The maximum absolute atomic E-state index is 12.3. The van der Waals surface area contributed by atoms with E-state index in [-0.39, 0.29) is 6.04 Å². The van der Waals surface area contributed by atoms with Crippen LogP contribution in [0.15, 0.2) is 59.7 Å². The van der Waals surface area contributed by atoms with Crippen molar-refractivity contribution in [3.63, 3.8) is 0 Å². The van der Waals surface area contributed by atoms with E-state index in [4.69, 9.17) is 10.3 Å². The molecular weight excluding hydrogens is 340 g/mol. The van der Waals surface area contributed by atoms with E-state index in [0.717, 1.165) is 29.5 Å². The number of hydrogen-bond acceptors (Lipinski definition) is 3. The van der Waals surface area contributed by atoms with Gasteiger partial charge in [0.25, 0.3) is 0 Å². The van der Waals surface area contributed by atoms with Gasteiger partial charge in [-0.2, -0.15) is 0 Å². The summed E-state index contributed by atoms with van der Waals surface area (Å²) < 4.78 is 5.42. The van der Waals surface area contributed by atoms with Crippen LogP contribution in [-0.2, 0) is 11.2 Å². The molecule has 0 fully saturated rings. The van der Waals surface area contributed by atoms with Crippen molar-refractivity contribution in [1.82, 2.24) is 5.32 Å². The molecule has 0 radical (unpaired) electrons. The molecule has 1 N–H and O–H groups in total. The van der Waals surface area contributed by atoms with E-state index in [1.54, 1.807) is 0 Å². The van der Waals surface area contributed by atoms with Gasteiger partial charge < -0.3 is 10.1 Å². The summed E-state index contributed by atoms with van der Waals surface area (Å²) in [5.74, 6) is 0. The fourth-order valence-corrected chi connectivity index (χ4v) is 2.71. The number of rotatable bonds is 7. The lowest BCUT2D eigenvalue weighted by Crippen LogP contribution is -2.35. The number of aryl methyl sites for hydroxylation is 1. The molecular formula is C21H26N4O2. The van der Waals surface area contributed by atoms with E-state index in [9.17, 15) is 4.79 Å². The highest BCUT2D eigenvalue weighted by Crippen LogP contribution is 2.23. The summed E-state index contributed by atoms with van der Waals surface area (Å²) in [5, 5.41) is 6.52. The van der Waals surface area contributed by atoms with Crippen molar-refractivity contribution in [2.75, 3.05) is 6.54 Å². The number of carbonyl (C=O) groups is 1.